The second kappa shape index (κ2) is 5.74. The summed E-state index contributed by atoms with van der Waals surface area (Å²) in [5.41, 5.74) is 10.5. The highest BCUT2D eigenvalue weighted by atomic mass is 15.3. The number of aryl methyl sites for hydroxylation is 1. The molecular weight excluding hydrogens is 260 g/mol. The van der Waals surface area contributed by atoms with Crippen LogP contribution in [0.5, 0.6) is 0 Å². The van der Waals surface area contributed by atoms with Gasteiger partial charge in [-0.25, -0.2) is 4.98 Å². The quantitative estimate of drug-likeness (QED) is 0.909. The van der Waals surface area contributed by atoms with Gasteiger partial charge in [-0.1, -0.05) is 23.8 Å². The molecule has 1 aliphatic heterocycles. The Balaban J connectivity index is 2.00. The summed E-state index contributed by atoms with van der Waals surface area (Å²) in [5.74, 6) is 0.575. The summed E-state index contributed by atoms with van der Waals surface area (Å²) < 4.78 is 0. The lowest BCUT2D eigenvalue weighted by molar-refractivity contribution is 0.582. The molecule has 1 saturated heterocycles. The van der Waals surface area contributed by atoms with Gasteiger partial charge in [-0.05, 0) is 38.9 Å². The maximum atomic E-state index is 6.03. The Hall–Kier alpha value is -2.07. The van der Waals surface area contributed by atoms with E-state index >= 15 is 0 Å². The lowest BCUT2D eigenvalue weighted by atomic mass is 10.1. The molecule has 0 spiro atoms. The van der Waals surface area contributed by atoms with Crippen molar-refractivity contribution in [3.8, 4) is 11.3 Å². The van der Waals surface area contributed by atoms with Crippen molar-refractivity contribution in [2.75, 3.05) is 24.2 Å². The number of rotatable bonds is 3. The Bertz CT molecular complexity index is 638. The lowest BCUT2D eigenvalue weighted by Gasteiger charge is -2.27. The van der Waals surface area contributed by atoms with Crippen molar-refractivity contribution in [1.82, 2.24) is 10.3 Å². The van der Waals surface area contributed by atoms with Gasteiger partial charge in [0.2, 0.25) is 0 Å². The number of hydrogen-bond acceptors (Lipinski definition) is 4. The van der Waals surface area contributed by atoms with Crippen LogP contribution in [-0.4, -0.2) is 24.7 Å². The van der Waals surface area contributed by atoms with Gasteiger partial charge < -0.3 is 16.0 Å². The van der Waals surface area contributed by atoms with E-state index in [1.807, 2.05) is 13.1 Å². The third-order valence-corrected chi connectivity index (χ3v) is 4.06. The maximum Gasteiger partial charge on any atom is 0.126 e. The van der Waals surface area contributed by atoms with Crippen LogP contribution in [0.2, 0.25) is 0 Å². The smallest absolute Gasteiger partial charge is 0.126 e. The first-order valence-corrected chi connectivity index (χ1v) is 7.46. The number of nitrogens with two attached hydrogens (primary N) is 1. The van der Waals surface area contributed by atoms with Crippen molar-refractivity contribution in [1.29, 1.82) is 0 Å². The molecule has 3 N–H and O–H groups in total. The Morgan fingerprint density at radius 2 is 2.14 bits per heavy atom. The molecule has 0 bridgehead atoms. The molecule has 0 saturated carbocycles. The van der Waals surface area contributed by atoms with Gasteiger partial charge in [0.05, 0.1) is 11.9 Å². The van der Waals surface area contributed by atoms with Crippen molar-refractivity contribution in [3.63, 3.8) is 0 Å². The van der Waals surface area contributed by atoms with Crippen LogP contribution in [0.4, 0.5) is 11.5 Å². The number of anilines is 2. The van der Waals surface area contributed by atoms with E-state index in [1.165, 1.54) is 18.4 Å². The van der Waals surface area contributed by atoms with Crippen LogP contribution in [-0.2, 0) is 0 Å². The van der Waals surface area contributed by atoms with Crippen LogP contribution in [0.1, 0.15) is 18.4 Å². The zero-order valence-corrected chi connectivity index (χ0v) is 12.6. The Morgan fingerprint density at radius 3 is 2.90 bits per heavy atom. The fraction of sp³-hybridized carbons (Fsp3) is 0.353. The van der Waals surface area contributed by atoms with Crippen molar-refractivity contribution < 1.29 is 0 Å². The average Bonchev–Trinajstić information content (AvgIpc) is 2.95. The van der Waals surface area contributed by atoms with E-state index < -0.39 is 0 Å². The first kappa shape index (κ1) is 13.9. The fourth-order valence-corrected chi connectivity index (χ4v) is 3.03. The lowest BCUT2D eigenvalue weighted by Crippen LogP contribution is -2.39. The van der Waals surface area contributed by atoms with Crippen molar-refractivity contribution >= 4 is 11.5 Å². The van der Waals surface area contributed by atoms with Gasteiger partial charge in [0, 0.05) is 23.9 Å². The molecule has 21 heavy (non-hydrogen) atoms. The van der Waals surface area contributed by atoms with Crippen LogP contribution in [0.15, 0.2) is 36.4 Å². The number of benzene rings is 1. The van der Waals surface area contributed by atoms with Gasteiger partial charge in [-0.15, -0.1) is 0 Å². The van der Waals surface area contributed by atoms with Crippen LogP contribution in [0.3, 0.4) is 0 Å². The molecule has 2 aromatic rings. The number of nitrogens with zero attached hydrogens (tertiary/aromatic N) is 2. The van der Waals surface area contributed by atoms with E-state index in [0.717, 1.165) is 23.5 Å². The number of aromatic nitrogens is 1. The highest BCUT2D eigenvalue weighted by Crippen LogP contribution is 2.29. The molecule has 4 heteroatoms. The molecule has 1 aromatic heterocycles. The third-order valence-electron chi connectivity index (χ3n) is 4.06. The highest BCUT2D eigenvalue weighted by molar-refractivity contribution is 5.68. The summed E-state index contributed by atoms with van der Waals surface area (Å²) in [5, 5.41) is 3.36. The van der Waals surface area contributed by atoms with E-state index in [4.69, 9.17) is 5.73 Å². The van der Waals surface area contributed by atoms with E-state index in [2.05, 4.69) is 52.5 Å². The monoisotopic (exact) mass is 282 g/mol. The van der Waals surface area contributed by atoms with E-state index in [0.29, 0.717) is 12.0 Å². The number of pyridine rings is 1. The van der Waals surface area contributed by atoms with Gasteiger partial charge in [0.15, 0.2) is 0 Å². The van der Waals surface area contributed by atoms with Gasteiger partial charge >= 0.3 is 0 Å². The first-order chi connectivity index (χ1) is 10.2. The topological polar surface area (TPSA) is 54.2 Å². The SMILES string of the molecule is CNC1CCCN1c1cc(N)nc(-c2cccc(C)c2)c1. The number of hydrogen-bond donors (Lipinski definition) is 2. The summed E-state index contributed by atoms with van der Waals surface area (Å²) >= 11 is 0. The number of nitrogen functional groups attached to an aromatic ring is 1. The van der Waals surface area contributed by atoms with Crippen molar-refractivity contribution in [2.45, 2.75) is 25.9 Å². The van der Waals surface area contributed by atoms with Gasteiger partial charge in [-0.2, -0.15) is 0 Å². The average molecular weight is 282 g/mol. The zero-order chi connectivity index (χ0) is 14.8. The minimum absolute atomic E-state index is 0.386. The molecule has 1 fully saturated rings. The first-order valence-electron chi connectivity index (χ1n) is 7.46. The molecule has 1 aromatic carbocycles. The van der Waals surface area contributed by atoms with E-state index in [9.17, 15) is 0 Å². The summed E-state index contributed by atoms with van der Waals surface area (Å²) in [4.78, 5) is 6.87. The molecule has 1 atom stereocenters. The Kier molecular flexibility index (Phi) is 3.80. The Labute approximate surface area is 126 Å². The zero-order valence-electron chi connectivity index (χ0n) is 12.6. The standard InChI is InChI=1S/C17H22N4/c1-12-5-3-6-13(9-12)15-10-14(11-16(18)20-15)21-8-4-7-17(21)19-2/h3,5-6,9-11,17,19H,4,7-8H2,1-2H3,(H2,18,20). The molecule has 0 amide bonds. The minimum atomic E-state index is 0.386. The van der Waals surface area contributed by atoms with Crippen LogP contribution in [0.25, 0.3) is 11.3 Å². The van der Waals surface area contributed by atoms with Gasteiger partial charge in [0.25, 0.3) is 0 Å². The summed E-state index contributed by atoms with van der Waals surface area (Å²) in [6.07, 6.45) is 2.75. The summed E-state index contributed by atoms with van der Waals surface area (Å²) in [7, 11) is 2.01. The van der Waals surface area contributed by atoms with Gasteiger partial charge in [0.1, 0.15) is 5.82 Å². The Morgan fingerprint density at radius 1 is 1.29 bits per heavy atom. The summed E-state index contributed by atoms with van der Waals surface area (Å²) in [6, 6.07) is 12.5. The third kappa shape index (κ3) is 2.85. The summed E-state index contributed by atoms with van der Waals surface area (Å²) in [6.45, 7) is 3.15. The molecule has 0 radical (unpaired) electrons. The molecule has 3 rings (SSSR count). The van der Waals surface area contributed by atoms with Crippen LogP contribution >= 0.6 is 0 Å². The van der Waals surface area contributed by atoms with Crippen LogP contribution in [0, 0.1) is 6.92 Å². The maximum absolute atomic E-state index is 6.03. The molecule has 110 valence electrons. The predicted octanol–water partition coefficient (Wildman–Crippen LogP) is 2.78. The van der Waals surface area contributed by atoms with E-state index in [-0.39, 0.29) is 0 Å². The van der Waals surface area contributed by atoms with Crippen LogP contribution < -0.4 is 16.0 Å². The molecule has 4 nitrogen and oxygen atoms in total. The normalized spacial score (nSPS) is 18.2. The van der Waals surface area contributed by atoms with Gasteiger partial charge in [-0.3, -0.25) is 0 Å². The fourth-order valence-electron chi connectivity index (χ4n) is 3.03. The second-order valence-corrected chi connectivity index (χ2v) is 5.65. The largest absolute Gasteiger partial charge is 0.384 e. The predicted molar refractivity (Wildman–Crippen MR) is 88.3 cm³/mol. The molecule has 0 aliphatic carbocycles. The molecule has 2 heterocycles. The van der Waals surface area contributed by atoms with E-state index in [1.54, 1.807) is 0 Å². The molecule has 1 aliphatic rings. The van der Waals surface area contributed by atoms with Crippen molar-refractivity contribution in [2.24, 2.45) is 0 Å². The minimum Gasteiger partial charge on any atom is -0.384 e. The van der Waals surface area contributed by atoms with Crippen molar-refractivity contribution in [3.05, 3.63) is 42.0 Å². The number of nitrogens with one attached hydrogen (secondary N) is 1. The molecular formula is C17H22N4. The second-order valence-electron chi connectivity index (χ2n) is 5.65. The highest BCUT2D eigenvalue weighted by Gasteiger charge is 2.23. The molecule has 1 unspecified atom stereocenters.